The molecule has 2 heterocycles. The van der Waals surface area contributed by atoms with Gasteiger partial charge in [-0.2, -0.15) is 0 Å². The van der Waals surface area contributed by atoms with Gasteiger partial charge in [0.25, 0.3) is 11.8 Å². The van der Waals surface area contributed by atoms with E-state index in [1.165, 1.54) is 21.5 Å². The maximum absolute atomic E-state index is 13.0. The second kappa shape index (κ2) is 7.88. The van der Waals surface area contributed by atoms with Crippen LogP contribution in [0.5, 0.6) is 0 Å². The summed E-state index contributed by atoms with van der Waals surface area (Å²) < 4.78 is 1.53. The summed E-state index contributed by atoms with van der Waals surface area (Å²) in [6.07, 6.45) is 0. The van der Waals surface area contributed by atoms with E-state index in [9.17, 15) is 9.59 Å². The van der Waals surface area contributed by atoms with Crippen LogP contribution in [0.2, 0.25) is 0 Å². The number of hydrazine groups is 1. The van der Waals surface area contributed by atoms with Gasteiger partial charge in [0.05, 0.1) is 11.3 Å². The molecule has 3 aromatic carbocycles. The van der Waals surface area contributed by atoms with E-state index < -0.39 is 4.87 Å². The molecule has 154 valence electrons. The molecule has 1 aliphatic heterocycles. The maximum Gasteiger partial charge on any atom is 0.260 e. The average Bonchev–Trinajstić information content (AvgIpc) is 3.37. The van der Waals surface area contributed by atoms with Crippen molar-refractivity contribution in [2.75, 3.05) is 5.75 Å². The van der Waals surface area contributed by atoms with Gasteiger partial charge in [0.15, 0.2) is 4.87 Å². The van der Waals surface area contributed by atoms with E-state index in [0.29, 0.717) is 5.52 Å². The van der Waals surface area contributed by atoms with Gasteiger partial charge >= 0.3 is 0 Å². The minimum atomic E-state index is -0.848. The van der Waals surface area contributed by atoms with E-state index in [-0.39, 0.29) is 24.1 Å². The zero-order valence-electron chi connectivity index (χ0n) is 16.5. The van der Waals surface area contributed by atoms with E-state index in [1.54, 1.807) is 0 Å². The molecule has 5 rings (SSSR count). The number of carbonyl (C=O) groups is 2. The third-order valence-electron chi connectivity index (χ3n) is 5.25. The van der Waals surface area contributed by atoms with Crippen LogP contribution in [0.15, 0.2) is 84.9 Å². The van der Waals surface area contributed by atoms with Gasteiger partial charge < -0.3 is 0 Å². The lowest BCUT2D eigenvalue weighted by molar-refractivity contribution is -0.141. The number of para-hydroxylation sites is 1. The number of thioether (sulfide) groups is 1. The summed E-state index contributed by atoms with van der Waals surface area (Å²) in [5.74, 6) is -0.242. The number of amides is 2. The Hall–Kier alpha value is -3.65. The van der Waals surface area contributed by atoms with E-state index in [1.807, 2.05) is 84.9 Å². The molecule has 7 nitrogen and oxygen atoms in total. The highest BCUT2D eigenvalue weighted by Gasteiger charge is 2.50. The van der Waals surface area contributed by atoms with Crippen LogP contribution in [0.4, 0.5) is 0 Å². The topological polar surface area (TPSA) is 80.1 Å². The van der Waals surface area contributed by atoms with Crippen molar-refractivity contribution in [3.8, 4) is 0 Å². The van der Waals surface area contributed by atoms with Crippen LogP contribution in [0.25, 0.3) is 11.0 Å². The second-order valence-corrected chi connectivity index (χ2v) is 8.33. The van der Waals surface area contributed by atoms with Crippen molar-refractivity contribution in [1.82, 2.24) is 25.4 Å². The number of nitrogens with zero attached hydrogens (tertiary/aromatic N) is 4. The Kier molecular flexibility index (Phi) is 4.91. The van der Waals surface area contributed by atoms with Crippen LogP contribution in [0, 0.1) is 0 Å². The fourth-order valence-electron chi connectivity index (χ4n) is 3.86. The number of fused-ring (bicyclic) bond motifs is 1. The smallest absolute Gasteiger partial charge is 0.260 e. The predicted molar refractivity (Wildman–Crippen MR) is 119 cm³/mol. The molecular formula is C23H19N5O2S. The predicted octanol–water partition coefficient (Wildman–Crippen LogP) is 2.94. The van der Waals surface area contributed by atoms with Crippen LogP contribution < -0.4 is 5.43 Å². The standard InChI is InChI=1S/C23H19N5O2S/c29-21(15-27-20-14-8-7-13-19(20)24-26-27)25-28-22(30)16-31-23(28,17-9-3-1-4-10-17)18-11-5-2-6-12-18/h1-14H,15-16H2,(H,25,29). The average molecular weight is 430 g/mol. The Balaban J connectivity index is 1.50. The number of carbonyl (C=O) groups excluding carboxylic acids is 2. The monoisotopic (exact) mass is 429 g/mol. The molecule has 0 spiro atoms. The van der Waals surface area contributed by atoms with Gasteiger partial charge in [0.2, 0.25) is 0 Å². The van der Waals surface area contributed by atoms with Crippen molar-refractivity contribution < 1.29 is 9.59 Å². The first kappa shape index (κ1) is 19.3. The Morgan fingerprint density at radius 2 is 1.55 bits per heavy atom. The Morgan fingerprint density at radius 3 is 2.23 bits per heavy atom. The fourth-order valence-corrected chi connectivity index (χ4v) is 5.21. The van der Waals surface area contributed by atoms with Gasteiger partial charge in [-0.3, -0.25) is 15.0 Å². The largest absolute Gasteiger partial charge is 0.272 e. The third-order valence-corrected chi connectivity index (χ3v) is 6.71. The molecule has 0 unspecified atom stereocenters. The molecule has 4 aromatic rings. The summed E-state index contributed by atoms with van der Waals surface area (Å²) >= 11 is 1.49. The van der Waals surface area contributed by atoms with Crippen LogP contribution in [-0.2, 0) is 21.0 Å². The molecule has 8 heteroatoms. The van der Waals surface area contributed by atoms with Crippen molar-refractivity contribution in [3.05, 3.63) is 96.1 Å². The summed E-state index contributed by atoms with van der Waals surface area (Å²) in [6.45, 7) is -0.0470. The number of aromatic nitrogens is 3. The first-order valence-corrected chi connectivity index (χ1v) is 10.8. The molecule has 1 fully saturated rings. The van der Waals surface area contributed by atoms with E-state index >= 15 is 0 Å². The number of hydrogen-bond acceptors (Lipinski definition) is 5. The number of rotatable bonds is 5. The summed E-state index contributed by atoms with van der Waals surface area (Å²) in [7, 11) is 0. The minimum absolute atomic E-state index is 0.0470. The van der Waals surface area contributed by atoms with Crippen LogP contribution in [-0.4, -0.2) is 37.6 Å². The van der Waals surface area contributed by atoms with E-state index in [2.05, 4.69) is 15.7 Å². The van der Waals surface area contributed by atoms with Gasteiger partial charge in [0, 0.05) is 0 Å². The molecule has 0 atom stereocenters. The zero-order valence-corrected chi connectivity index (χ0v) is 17.3. The van der Waals surface area contributed by atoms with Gasteiger partial charge in [-0.25, -0.2) is 9.69 Å². The summed E-state index contributed by atoms with van der Waals surface area (Å²) in [6, 6.07) is 26.9. The quantitative estimate of drug-likeness (QED) is 0.528. The van der Waals surface area contributed by atoms with E-state index in [4.69, 9.17) is 0 Å². The normalized spacial score (nSPS) is 15.4. The SMILES string of the molecule is O=C(Cn1nnc2ccccc21)NN1C(=O)CSC1(c1ccccc1)c1ccccc1. The molecule has 0 aliphatic carbocycles. The van der Waals surface area contributed by atoms with Gasteiger partial charge in [-0.15, -0.1) is 16.9 Å². The third kappa shape index (κ3) is 3.34. The van der Waals surface area contributed by atoms with Gasteiger partial charge in [-0.05, 0) is 23.3 Å². The van der Waals surface area contributed by atoms with Crippen molar-refractivity contribution in [3.63, 3.8) is 0 Å². The molecule has 1 saturated heterocycles. The first-order chi connectivity index (χ1) is 15.2. The van der Waals surface area contributed by atoms with Crippen LogP contribution >= 0.6 is 11.8 Å². The highest BCUT2D eigenvalue weighted by atomic mass is 32.2. The van der Waals surface area contributed by atoms with Crippen LogP contribution in [0.3, 0.4) is 0 Å². The first-order valence-electron chi connectivity index (χ1n) is 9.84. The zero-order chi connectivity index (χ0) is 21.3. The lowest BCUT2D eigenvalue weighted by atomic mass is 9.97. The summed E-state index contributed by atoms with van der Waals surface area (Å²) in [5.41, 5.74) is 6.17. The second-order valence-electron chi connectivity index (χ2n) is 7.16. The molecule has 1 aliphatic rings. The fraction of sp³-hybridized carbons (Fsp3) is 0.130. The Bertz CT molecular complexity index is 1200. The summed E-state index contributed by atoms with van der Waals surface area (Å²) in [5, 5.41) is 9.63. The van der Waals surface area contributed by atoms with E-state index in [0.717, 1.165) is 16.6 Å². The molecule has 1 aromatic heterocycles. The number of benzene rings is 3. The highest BCUT2D eigenvalue weighted by molar-refractivity contribution is 8.01. The minimum Gasteiger partial charge on any atom is -0.272 e. The van der Waals surface area contributed by atoms with Crippen molar-refractivity contribution in [2.24, 2.45) is 0 Å². The lowest BCUT2D eigenvalue weighted by Crippen LogP contribution is -2.54. The van der Waals surface area contributed by atoms with Crippen molar-refractivity contribution >= 4 is 34.6 Å². The van der Waals surface area contributed by atoms with Gasteiger partial charge in [-0.1, -0.05) is 78.0 Å². The highest BCUT2D eigenvalue weighted by Crippen LogP contribution is 2.49. The number of hydrogen-bond donors (Lipinski definition) is 1. The Labute approximate surface area is 183 Å². The molecule has 0 saturated carbocycles. The molecule has 0 radical (unpaired) electrons. The Morgan fingerprint density at radius 1 is 0.935 bits per heavy atom. The maximum atomic E-state index is 13.0. The molecular weight excluding hydrogens is 410 g/mol. The lowest BCUT2D eigenvalue weighted by Gasteiger charge is -2.38. The van der Waals surface area contributed by atoms with Gasteiger partial charge in [0.1, 0.15) is 12.1 Å². The molecule has 0 bridgehead atoms. The van der Waals surface area contributed by atoms with Crippen molar-refractivity contribution in [2.45, 2.75) is 11.4 Å². The number of nitrogens with one attached hydrogen (secondary N) is 1. The molecule has 1 N–H and O–H groups in total. The van der Waals surface area contributed by atoms with Crippen LogP contribution in [0.1, 0.15) is 11.1 Å². The van der Waals surface area contributed by atoms with Crippen molar-refractivity contribution in [1.29, 1.82) is 0 Å². The summed E-state index contributed by atoms with van der Waals surface area (Å²) in [4.78, 5) is 25.1. The molecule has 31 heavy (non-hydrogen) atoms. The molecule has 2 amide bonds.